The second-order valence-corrected chi connectivity index (χ2v) is 7.51. The monoisotopic (exact) mass is 437 g/mol. The Hall–Kier alpha value is -2.48. The highest BCUT2D eigenvalue weighted by Gasteiger charge is 2.14. The fraction of sp³-hybridized carbons (Fsp3) is 0.105. The quantitative estimate of drug-likeness (QED) is 0.561. The summed E-state index contributed by atoms with van der Waals surface area (Å²) in [6.45, 7) is 1.34. The Morgan fingerprint density at radius 3 is 2.50 bits per heavy atom. The van der Waals surface area contributed by atoms with Crippen LogP contribution in [0.2, 0.25) is 10.0 Å². The van der Waals surface area contributed by atoms with E-state index in [-0.39, 0.29) is 23.8 Å². The van der Waals surface area contributed by atoms with Crippen molar-refractivity contribution in [2.75, 3.05) is 10.6 Å². The van der Waals surface area contributed by atoms with Crippen molar-refractivity contribution in [2.24, 2.45) is 0 Å². The molecule has 0 radical (unpaired) electrons. The average Bonchev–Trinajstić information content (AvgIpc) is 3.06. The second kappa shape index (κ2) is 8.68. The summed E-state index contributed by atoms with van der Waals surface area (Å²) < 4.78 is 14.3. The minimum atomic E-state index is -0.530. The van der Waals surface area contributed by atoms with E-state index in [0.717, 1.165) is 0 Å². The lowest BCUT2D eigenvalue weighted by molar-refractivity contribution is -0.116. The van der Waals surface area contributed by atoms with Crippen molar-refractivity contribution in [2.45, 2.75) is 13.3 Å². The molecule has 0 unspecified atom stereocenters. The summed E-state index contributed by atoms with van der Waals surface area (Å²) in [5.74, 6) is -1.15. The molecule has 144 valence electrons. The van der Waals surface area contributed by atoms with Crippen molar-refractivity contribution in [3.8, 4) is 11.3 Å². The Morgan fingerprint density at radius 1 is 1.14 bits per heavy atom. The van der Waals surface area contributed by atoms with Gasteiger partial charge in [0.25, 0.3) is 0 Å². The van der Waals surface area contributed by atoms with Crippen molar-refractivity contribution < 1.29 is 14.0 Å². The molecular formula is C19H14Cl2FN3O2S. The van der Waals surface area contributed by atoms with E-state index in [1.54, 1.807) is 29.6 Å². The number of nitrogens with zero attached hydrogens (tertiary/aromatic N) is 1. The third-order valence-corrected chi connectivity index (χ3v) is 5.18. The molecule has 2 amide bonds. The number of carbonyl (C=O) groups excluding carboxylic acids is 2. The van der Waals surface area contributed by atoms with Gasteiger partial charge in [-0.05, 0) is 35.9 Å². The lowest BCUT2D eigenvalue weighted by Crippen LogP contribution is -2.14. The van der Waals surface area contributed by atoms with Gasteiger partial charge in [0.05, 0.1) is 12.1 Å². The molecule has 0 atom stereocenters. The van der Waals surface area contributed by atoms with E-state index in [4.69, 9.17) is 23.2 Å². The summed E-state index contributed by atoms with van der Waals surface area (Å²) in [6.07, 6.45) is -0.00675. The van der Waals surface area contributed by atoms with Gasteiger partial charge in [-0.25, -0.2) is 9.37 Å². The normalized spacial score (nSPS) is 10.6. The molecule has 0 fully saturated rings. The van der Waals surface area contributed by atoms with Crippen LogP contribution in [0.5, 0.6) is 0 Å². The first kappa shape index (κ1) is 20.3. The minimum Gasteiger partial charge on any atom is -0.326 e. The number of aromatic nitrogens is 1. The first-order chi connectivity index (χ1) is 13.3. The van der Waals surface area contributed by atoms with Crippen molar-refractivity contribution >= 4 is 57.2 Å². The Kier molecular flexibility index (Phi) is 6.28. The molecule has 2 aromatic carbocycles. The topological polar surface area (TPSA) is 71.1 Å². The fourth-order valence-electron chi connectivity index (χ4n) is 2.48. The summed E-state index contributed by atoms with van der Waals surface area (Å²) in [5.41, 5.74) is 1.52. The highest BCUT2D eigenvalue weighted by Crippen LogP contribution is 2.29. The molecule has 5 nitrogen and oxygen atoms in total. The minimum absolute atomic E-state index is 0.00675. The summed E-state index contributed by atoms with van der Waals surface area (Å²) in [4.78, 5) is 27.6. The third-order valence-electron chi connectivity index (χ3n) is 3.71. The third kappa shape index (κ3) is 4.86. The Morgan fingerprint density at radius 2 is 1.86 bits per heavy atom. The van der Waals surface area contributed by atoms with Gasteiger partial charge in [0.15, 0.2) is 5.13 Å². The van der Waals surface area contributed by atoms with Crippen molar-refractivity contribution in [1.29, 1.82) is 0 Å². The standard InChI is InChI=1S/C19H14Cl2FN3O2S/c1-10(26)23-11-5-6-12(16(22)7-11)17-9-28-19(24-17)25-18(27)8-13-14(20)3-2-4-15(13)21/h2-7,9H,8H2,1H3,(H,23,26)(H,24,25,27). The van der Waals surface area contributed by atoms with Crippen molar-refractivity contribution in [3.05, 3.63) is 63.2 Å². The zero-order chi connectivity index (χ0) is 20.3. The van der Waals surface area contributed by atoms with Crippen LogP contribution in [-0.2, 0) is 16.0 Å². The van der Waals surface area contributed by atoms with Crippen LogP contribution in [0.3, 0.4) is 0 Å². The van der Waals surface area contributed by atoms with Gasteiger partial charge in [0.1, 0.15) is 5.82 Å². The summed E-state index contributed by atoms with van der Waals surface area (Å²) in [7, 11) is 0. The number of amides is 2. The molecule has 0 aliphatic rings. The predicted octanol–water partition coefficient (Wildman–Crippen LogP) is 5.40. The molecule has 0 bridgehead atoms. The molecular weight excluding hydrogens is 424 g/mol. The zero-order valence-corrected chi connectivity index (χ0v) is 16.9. The highest BCUT2D eigenvalue weighted by molar-refractivity contribution is 7.14. The Balaban J connectivity index is 1.72. The molecule has 0 aliphatic heterocycles. The van der Waals surface area contributed by atoms with Gasteiger partial charge in [-0.3, -0.25) is 9.59 Å². The largest absolute Gasteiger partial charge is 0.326 e. The molecule has 0 spiro atoms. The Bertz CT molecular complexity index is 1040. The highest BCUT2D eigenvalue weighted by atomic mass is 35.5. The summed E-state index contributed by atoms with van der Waals surface area (Å²) in [5, 5.41) is 7.95. The summed E-state index contributed by atoms with van der Waals surface area (Å²) in [6, 6.07) is 9.33. The van der Waals surface area contributed by atoms with E-state index in [0.29, 0.717) is 32.1 Å². The molecule has 1 heterocycles. The first-order valence-corrected chi connectivity index (χ1v) is 9.73. The number of carbonyl (C=O) groups is 2. The molecule has 1 aromatic heterocycles. The number of thiazole rings is 1. The molecule has 3 rings (SSSR count). The van der Waals surface area contributed by atoms with Crippen LogP contribution >= 0.6 is 34.5 Å². The van der Waals surface area contributed by atoms with Crippen molar-refractivity contribution in [1.82, 2.24) is 4.98 Å². The van der Waals surface area contributed by atoms with Crippen LogP contribution < -0.4 is 10.6 Å². The van der Waals surface area contributed by atoms with Gasteiger partial charge >= 0.3 is 0 Å². The molecule has 0 saturated heterocycles. The van der Waals surface area contributed by atoms with Crippen LogP contribution in [0.4, 0.5) is 15.2 Å². The fourth-order valence-corrected chi connectivity index (χ4v) is 3.74. The number of hydrogen-bond donors (Lipinski definition) is 2. The number of nitrogens with one attached hydrogen (secondary N) is 2. The lowest BCUT2D eigenvalue weighted by Gasteiger charge is -2.06. The maximum absolute atomic E-state index is 14.3. The SMILES string of the molecule is CC(=O)Nc1ccc(-c2csc(NC(=O)Cc3c(Cl)cccc3Cl)n2)c(F)c1. The molecule has 28 heavy (non-hydrogen) atoms. The molecule has 2 N–H and O–H groups in total. The van der Waals surface area contributed by atoms with Crippen LogP contribution in [0.1, 0.15) is 12.5 Å². The number of rotatable bonds is 5. The van der Waals surface area contributed by atoms with E-state index in [9.17, 15) is 14.0 Å². The molecule has 0 saturated carbocycles. The van der Waals surface area contributed by atoms with E-state index in [1.807, 2.05) is 0 Å². The lowest BCUT2D eigenvalue weighted by atomic mass is 10.1. The van der Waals surface area contributed by atoms with Crippen LogP contribution in [0.15, 0.2) is 41.8 Å². The molecule has 3 aromatic rings. The number of hydrogen-bond acceptors (Lipinski definition) is 4. The van der Waals surface area contributed by atoms with Gasteiger partial charge in [-0.1, -0.05) is 29.3 Å². The zero-order valence-electron chi connectivity index (χ0n) is 14.6. The first-order valence-electron chi connectivity index (χ1n) is 8.09. The van der Waals surface area contributed by atoms with Crippen molar-refractivity contribution in [3.63, 3.8) is 0 Å². The molecule has 9 heteroatoms. The smallest absolute Gasteiger partial charge is 0.230 e. The average molecular weight is 438 g/mol. The van der Waals surface area contributed by atoms with E-state index < -0.39 is 5.82 Å². The van der Waals surface area contributed by atoms with E-state index >= 15 is 0 Å². The maximum Gasteiger partial charge on any atom is 0.230 e. The van der Waals surface area contributed by atoms with Gasteiger partial charge in [0, 0.05) is 33.6 Å². The molecule has 0 aliphatic carbocycles. The number of benzene rings is 2. The van der Waals surface area contributed by atoms with Gasteiger partial charge in [-0.2, -0.15) is 0 Å². The van der Waals surface area contributed by atoms with Crippen LogP contribution in [-0.4, -0.2) is 16.8 Å². The second-order valence-electron chi connectivity index (χ2n) is 5.84. The number of halogens is 3. The predicted molar refractivity (Wildman–Crippen MR) is 111 cm³/mol. The summed E-state index contributed by atoms with van der Waals surface area (Å²) >= 11 is 13.3. The van der Waals surface area contributed by atoms with Gasteiger partial charge < -0.3 is 10.6 Å². The number of anilines is 2. The van der Waals surface area contributed by atoms with E-state index in [1.165, 1.54) is 30.4 Å². The van der Waals surface area contributed by atoms with Crippen LogP contribution in [0.25, 0.3) is 11.3 Å². The van der Waals surface area contributed by atoms with E-state index in [2.05, 4.69) is 15.6 Å². The van der Waals surface area contributed by atoms with Crippen LogP contribution in [0, 0.1) is 5.82 Å². The Labute approximate surface area is 174 Å². The van der Waals surface area contributed by atoms with Gasteiger partial charge in [-0.15, -0.1) is 11.3 Å². The van der Waals surface area contributed by atoms with Gasteiger partial charge in [0.2, 0.25) is 11.8 Å². The maximum atomic E-state index is 14.3.